The fourth-order valence-electron chi connectivity index (χ4n) is 1.65. The van der Waals surface area contributed by atoms with E-state index in [0.29, 0.717) is 5.75 Å². The van der Waals surface area contributed by atoms with Crippen LogP contribution in [0, 0.1) is 12.3 Å². The predicted molar refractivity (Wildman–Crippen MR) is 73.4 cm³/mol. The molecule has 1 aromatic carbocycles. The van der Waals surface area contributed by atoms with Crippen LogP contribution in [0.5, 0.6) is 5.75 Å². The number of fused-ring (bicyclic) bond motifs is 1. The zero-order valence-corrected chi connectivity index (χ0v) is 11.3. The number of hydrogen-bond acceptors (Lipinski definition) is 3. The van der Waals surface area contributed by atoms with Crippen molar-refractivity contribution in [2.75, 3.05) is 6.61 Å². The normalized spacial score (nSPS) is 11.5. The highest BCUT2D eigenvalue weighted by Crippen LogP contribution is 2.26. The Labute approximate surface area is 112 Å². The van der Waals surface area contributed by atoms with Crippen LogP contribution in [-0.4, -0.2) is 22.7 Å². The average molecular weight is 259 g/mol. The molecule has 0 aliphatic heterocycles. The Morgan fingerprint density at radius 1 is 1.32 bits per heavy atom. The second-order valence-electron chi connectivity index (χ2n) is 5.26. The van der Waals surface area contributed by atoms with Crippen molar-refractivity contribution in [2.45, 2.75) is 20.8 Å². The fraction of sp³-hybridized carbons (Fsp3) is 0.333. The number of ether oxygens (including phenoxy) is 1. The van der Waals surface area contributed by atoms with Crippen molar-refractivity contribution >= 4 is 16.9 Å². The molecule has 4 nitrogen and oxygen atoms in total. The summed E-state index contributed by atoms with van der Waals surface area (Å²) in [7, 11) is 0. The molecule has 4 heteroatoms. The average Bonchev–Trinajstić information content (AvgIpc) is 2.36. The summed E-state index contributed by atoms with van der Waals surface area (Å²) >= 11 is 0. The van der Waals surface area contributed by atoms with Gasteiger partial charge in [0.2, 0.25) is 0 Å². The maximum Gasteiger partial charge on any atom is 0.312 e. The van der Waals surface area contributed by atoms with Crippen LogP contribution in [0.2, 0.25) is 0 Å². The molecule has 0 atom stereocenters. The Hall–Kier alpha value is -2.10. The molecule has 2 aromatic rings. The second kappa shape index (κ2) is 4.88. The molecule has 0 radical (unpaired) electrons. The molecule has 0 saturated heterocycles. The lowest BCUT2D eigenvalue weighted by molar-refractivity contribution is -0.148. The largest absolute Gasteiger partial charge is 0.490 e. The van der Waals surface area contributed by atoms with Gasteiger partial charge in [0.25, 0.3) is 0 Å². The predicted octanol–water partition coefficient (Wildman–Crippen LogP) is 3.03. The maximum atomic E-state index is 11.1. The lowest BCUT2D eigenvalue weighted by Gasteiger charge is -2.20. The van der Waals surface area contributed by atoms with Crippen LogP contribution in [0.25, 0.3) is 10.9 Å². The first-order valence-corrected chi connectivity index (χ1v) is 6.13. The van der Waals surface area contributed by atoms with Gasteiger partial charge in [-0.15, -0.1) is 0 Å². The molecule has 1 heterocycles. The van der Waals surface area contributed by atoms with Crippen molar-refractivity contribution in [2.24, 2.45) is 5.41 Å². The molecular formula is C15H17NO3. The van der Waals surface area contributed by atoms with E-state index in [4.69, 9.17) is 9.84 Å². The summed E-state index contributed by atoms with van der Waals surface area (Å²) in [6.07, 6.45) is 0. The number of carboxylic acids is 1. The van der Waals surface area contributed by atoms with Gasteiger partial charge in [0.05, 0.1) is 5.41 Å². The van der Waals surface area contributed by atoms with Crippen LogP contribution in [0.15, 0.2) is 30.3 Å². The van der Waals surface area contributed by atoms with Crippen molar-refractivity contribution < 1.29 is 14.6 Å². The molecule has 0 fully saturated rings. The number of pyridine rings is 1. The fourth-order valence-corrected chi connectivity index (χ4v) is 1.65. The Balaban J connectivity index is 2.31. The van der Waals surface area contributed by atoms with Crippen LogP contribution in [0.3, 0.4) is 0 Å². The molecule has 2 rings (SSSR count). The molecule has 100 valence electrons. The Kier molecular flexibility index (Phi) is 3.42. The van der Waals surface area contributed by atoms with Gasteiger partial charge in [-0.2, -0.15) is 0 Å². The van der Waals surface area contributed by atoms with Gasteiger partial charge < -0.3 is 9.84 Å². The summed E-state index contributed by atoms with van der Waals surface area (Å²) < 4.78 is 5.66. The minimum absolute atomic E-state index is 0.108. The number of aromatic nitrogens is 1. The van der Waals surface area contributed by atoms with Crippen LogP contribution in [0.4, 0.5) is 0 Å². The van der Waals surface area contributed by atoms with E-state index >= 15 is 0 Å². The quantitative estimate of drug-likeness (QED) is 0.916. The van der Waals surface area contributed by atoms with Gasteiger partial charge in [-0.05, 0) is 32.9 Å². The van der Waals surface area contributed by atoms with E-state index in [9.17, 15) is 4.79 Å². The maximum absolute atomic E-state index is 11.1. The third kappa shape index (κ3) is 2.84. The highest BCUT2D eigenvalue weighted by atomic mass is 16.5. The molecule has 0 spiro atoms. The number of para-hydroxylation sites is 1. The smallest absolute Gasteiger partial charge is 0.312 e. The van der Waals surface area contributed by atoms with Gasteiger partial charge in [0, 0.05) is 11.1 Å². The van der Waals surface area contributed by atoms with E-state index in [1.807, 2.05) is 37.3 Å². The van der Waals surface area contributed by atoms with E-state index in [2.05, 4.69) is 4.98 Å². The van der Waals surface area contributed by atoms with E-state index in [-0.39, 0.29) is 6.61 Å². The molecule has 1 aromatic heterocycles. The van der Waals surface area contributed by atoms with Crippen molar-refractivity contribution in [3.8, 4) is 5.75 Å². The number of aliphatic carboxylic acids is 1. The summed E-state index contributed by atoms with van der Waals surface area (Å²) in [4.78, 5) is 15.5. The first-order valence-electron chi connectivity index (χ1n) is 6.13. The third-order valence-electron chi connectivity index (χ3n) is 2.99. The van der Waals surface area contributed by atoms with Gasteiger partial charge in [-0.3, -0.25) is 4.79 Å². The van der Waals surface area contributed by atoms with Gasteiger partial charge in [-0.25, -0.2) is 4.98 Å². The molecular weight excluding hydrogens is 242 g/mol. The number of carbonyl (C=O) groups is 1. The molecule has 0 saturated carbocycles. The first-order chi connectivity index (χ1) is 8.90. The lowest BCUT2D eigenvalue weighted by Crippen LogP contribution is -2.30. The van der Waals surface area contributed by atoms with Crippen LogP contribution >= 0.6 is 0 Å². The molecule has 0 amide bonds. The highest BCUT2D eigenvalue weighted by Gasteiger charge is 2.28. The third-order valence-corrected chi connectivity index (χ3v) is 2.99. The van der Waals surface area contributed by atoms with Crippen LogP contribution in [0.1, 0.15) is 19.5 Å². The minimum Gasteiger partial charge on any atom is -0.490 e. The van der Waals surface area contributed by atoms with Gasteiger partial charge >= 0.3 is 5.97 Å². The van der Waals surface area contributed by atoms with Crippen LogP contribution in [-0.2, 0) is 4.79 Å². The van der Waals surface area contributed by atoms with E-state index < -0.39 is 11.4 Å². The monoisotopic (exact) mass is 259 g/mol. The zero-order valence-electron chi connectivity index (χ0n) is 11.3. The number of rotatable bonds is 4. The number of benzene rings is 1. The number of hydrogen-bond donors (Lipinski definition) is 1. The zero-order chi connectivity index (χ0) is 14.0. The van der Waals surface area contributed by atoms with E-state index in [1.54, 1.807) is 13.8 Å². The highest BCUT2D eigenvalue weighted by molar-refractivity contribution is 5.84. The van der Waals surface area contributed by atoms with E-state index in [0.717, 1.165) is 16.6 Å². The van der Waals surface area contributed by atoms with Crippen molar-refractivity contribution in [3.05, 3.63) is 36.0 Å². The van der Waals surface area contributed by atoms with Crippen molar-refractivity contribution in [1.82, 2.24) is 4.98 Å². The summed E-state index contributed by atoms with van der Waals surface area (Å²) in [5.74, 6) is -0.257. The Morgan fingerprint density at radius 2 is 2.05 bits per heavy atom. The summed E-state index contributed by atoms with van der Waals surface area (Å²) in [6.45, 7) is 5.30. The van der Waals surface area contributed by atoms with Gasteiger partial charge in [0.15, 0.2) is 0 Å². The Morgan fingerprint density at radius 3 is 2.74 bits per heavy atom. The molecule has 0 bridgehead atoms. The Bertz CT molecular complexity index is 620. The lowest BCUT2D eigenvalue weighted by atomic mass is 9.95. The summed E-state index contributed by atoms with van der Waals surface area (Å²) in [6, 6.07) is 9.56. The first kappa shape index (κ1) is 13.3. The number of carboxylic acid groups (broad SMARTS) is 1. The summed E-state index contributed by atoms with van der Waals surface area (Å²) in [5.41, 5.74) is 0.746. The second-order valence-corrected chi connectivity index (χ2v) is 5.26. The molecule has 0 unspecified atom stereocenters. The van der Waals surface area contributed by atoms with Gasteiger partial charge in [-0.1, -0.05) is 18.2 Å². The van der Waals surface area contributed by atoms with Gasteiger partial charge in [0.1, 0.15) is 17.9 Å². The molecule has 0 aliphatic carbocycles. The molecule has 19 heavy (non-hydrogen) atoms. The standard InChI is InChI=1S/C15H17NO3/c1-10-7-8-11-5-4-6-12(13(11)16-10)19-9-15(2,3)14(17)18/h4-8H,9H2,1-3H3,(H,17,18). The van der Waals surface area contributed by atoms with Crippen molar-refractivity contribution in [3.63, 3.8) is 0 Å². The number of aryl methyl sites for hydroxylation is 1. The molecule has 0 aliphatic rings. The van der Waals surface area contributed by atoms with Crippen LogP contribution < -0.4 is 4.74 Å². The van der Waals surface area contributed by atoms with Crippen molar-refractivity contribution in [1.29, 1.82) is 0 Å². The summed E-state index contributed by atoms with van der Waals surface area (Å²) in [5, 5.41) is 10.1. The SMILES string of the molecule is Cc1ccc2cccc(OCC(C)(C)C(=O)O)c2n1. The number of nitrogens with zero attached hydrogens (tertiary/aromatic N) is 1. The van der Waals surface area contributed by atoms with E-state index in [1.165, 1.54) is 0 Å². The molecule has 1 N–H and O–H groups in total. The minimum atomic E-state index is -0.925. The topological polar surface area (TPSA) is 59.4 Å².